The Hall–Kier alpha value is -2.29. The number of anilines is 1. The van der Waals surface area contributed by atoms with Gasteiger partial charge in [0.25, 0.3) is 0 Å². The first-order valence-electron chi connectivity index (χ1n) is 6.19. The summed E-state index contributed by atoms with van der Waals surface area (Å²) < 4.78 is 18.5. The fourth-order valence-corrected chi connectivity index (χ4v) is 2.19. The van der Waals surface area contributed by atoms with Crippen molar-refractivity contribution in [3.63, 3.8) is 0 Å². The van der Waals surface area contributed by atoms with Gasteiger partial charge < -0.3 is 9.73 Å². The predicted molar refractivity (Wildman–Crippen MR) is 74.7 cm³/mol. The number of fused-ring (bicyclic) bond motifs is 1. The maximum atomic E-state index is 13.0. The van der Waals surface area contributed by atoms with E-state index in [1.54, 1.807) is 12.3 Å². The van der Waals surface area contributed by atoms with Crippen molar-refractivity contribution >= 4 is 16.7 Å². The van der Waals surface area contributed by atoms with E-state index in [4.69, 9.17) is 4.42 Å². The lowest BCUT2D eigenvalue weighted by Gasteiger charge is -2.08. The van der Waals surface area contributed by atoms with Gasteiger partial charge in [0.15, 0.2) is 0 Å². The number of furan rings is 1. The van der Waals surface area contributed by atoms with Crippen LogP contribution < -0.4 is 5.32 Å². The van der Waals surface area contributed by atoms with E-state index in [0.717, 1.165) is 27.8 Å². The van der Waals surface area contributed by atoms with Crippen LogP contribution in [-0.2, 0) is 6.54 Å². The van der Waals surface area contributed by atoms with Crippen LogP contribution in [0.1, 0.15) is 11.1 Å². The van der Waals surface area contributed by atoms with Gasteiger partial charge in [-0.05, 0) is 36.8 Å². The Bertz CT molecular complexity index is 718. The molecule has 0 spiro atoms. The van der Waals surface area contributed by atoms with Gasteiger partial charge in [0.1, 0.15) is 11.4 Å². The van der Waals surface area contributed by atoms with Crippen molar-refractivity contribution in [3.05, 3.63) is 65.7 Å². The Morgan fingerprint density at radius 1 is 1.16 bits per heavy atom. The summed E-state index contributed by atoms with van der Waals surface area (Å²) in [6.07, 6.45) is 1.76. The predicted octanol–water partition coefficient (Wildman–Crippen LogP) is 4.49. The molecule has 1 heterocycles. The van der Waals surface area contributed by atoms with E-state index in [2.05, 4.69) is 5.32 Å². The van der Waals surface area contributed by atoms with Gasteiger partial charge in [-0.3, -0.25) is 0 Å². The number of para-hydroxylation sites is 1. The summed E-state index contributed by atoms with van der Waals surface area (Å²) in [5.74, 6) is -0.211. The molecule has 0 aliphatic rings. The summed E-state index contributed by atoms with van der Waals surface area (Å²) in [6, 6.07) is 12.7. The molecular formula is C16H14FNO. The van der Waals surface area contributed by atoms with Crippen LogP contribution in [0.5, 0.6) is 0 Å². The van der Waals surface area contributed by atoms with E-state index in [1.165, 1.54) is 12.1 Å². The van der Waals surface area contributed by atoms with Crippen LogP contribution in [0.3, 0.4) is 0 Å². The van der Waals surface area contributed by atoms with Crippen molar-refractivity contribution < 1.29 is 8.81 Å². The first-order chi connectivity index (χ1) is 9.24. The van der Waals surface area contributed by atoms with Crippen LogP contribution in [0.15, 0.2) is 53.1 Å². The minimum absolute atomic E-state index is 0.211. The van der Waals surface area contributed by atoms with Gasteiger partial charge in [-0.15, -0.1) is 0 Å². The highest BCUT2D eigenvalue weighted by Crippen LogP contribution is 2.22. The highest BCUT2D eigenvalue weighted by Gasteiger charge is 2.05. The van der Waals surface area contributed by atoms with Gasteiger partial charge in [0.05, 0.1) is 6.26 Å². The molecule has 0 saturated heterocycles. The number of hydrogen-bond acceptors (Lipinski definition) is 2. The molecule has 0 radical (unpaired) electrons. The lowest BCUT2D eigenvalue weighted by atomic mass is 10.1. The molecule has 1 N–H and O–H groups in total. The lowest BCUT2D eigenvalue weighted by Crippen LogP contribution is -2.00. The molecule has 2 aromatic carbocycles. The van der Waals surface area contributed by atoms with Gasteiger partial charge in [-0.2, -0.15) is 0 Å². The summed E-state index contributed by atoms with van der Waals surface area (Å²) in [4.78, 5) is 0. The monoisotopic (exact) mass is 255 g/mol. The van der Waals surface area contributed by atoms with Crippen molar-refractivity contribution in [1.82, 2.24) is 0 Å². The van der Waals surface area contributed by atoms with Gasteiger partial charge >= 0.3 is 0 Å². The maximum Gasteiger partial charge on any atom is 0.134 e. The van der Waals surface area contributed by atoms with Crippen molar-refractivity contribution in [1.29, 1.82) is 0 Å². The molecule has 3 aromatic rings. The van der Waals surface area contributed by atoms with Gasteiger partial charge in [0.2, 0.25) is 0 Å². The number of rotatable bonds is 3. The van der Waals surface area contributed by atoms with E-state index in [9.17, 15) is 4.39 Å². The molecule has 3 heteroatoms. The molecule has 0 bridgehead atoms. The largest absolute Gasteiger partial charge is 0.464 e. The fourth-order valence-electron chi connectivity index (χ4n) is 2.19. The van der Waals surface area contributed by atoms with Crippen molar-refractivity contribution in [2.75, 3.05) is 5.32 Å². The zero-order valence-corrected chi connectivity index (χ0v) is 10.6. The zero-order valence-electron chi connectivity index (χ0n) is 10.6. The molecule has 96 valence electrons. The molecule has 0 fully saturated rings. The van der Waals surface area contributed by atoms with Crippen LogP contribution in [0, 0.1) is 12.7 Å². The highest BCUT2D eigenvalue weighted by molar-refractivity contribution is 5.81. The molecule has 3 rings (SSSR count). The van der Waals surface area contributed by atoms with Crippen molar-refractivity contribution in [2.24, 2.45) is 0 Å². The molecular weight excluding hydrogens is 241 g/mol. The summed E-state index contributed by atoms with van der Waals surface area (Å²) in [5, 5.41) is 4.41. The van der Waals surface area contributed by atoms with Crippen LogP contribution >= 0.6 is 0 Å². The third kappa shape index (κ3) is 2.32. The Morgan fingerprint density at radius 3 is 2.84 bits per heavy atom. The molecule has 19 heavy (non-hydrogen) atoms. The summed E-state index contributed by atoms with van der Waals surface area (Å²) in [6.45, 7) is 2.54. The van der Waals surface area contributed by atoms with Gasteiger partial charge in [0, 0.05) is 23.2 Å². The van der Waals surface area contributed by atoms with E-state index < -0.39 is 0 Å². The Morgan fingerprint density at radius 2 is 2.00 bits per heavy atom. The average Bonchev–Trinajstić information content (AvgIpc) is 2.81. The normalized spacial score (nSPS) is 10.8. The van der Waals surface area contributed by atoms with Crippen LogP contribution in [0.2, 0.25) is 0 Å². The van der Waals surface area contributed by atoms with Crippen LogP contribution in [0.25, 0.3) is 11.0 Å². The Kier molecular flexibility index (Phi) is 2.95. The number of aryl methyl sites for hydroxylation is 1. The van der Waals surface area contributed by atoms with Gasteiger partial charge in [-0.25, -0.2) is 4.39 Å². The molecule has 0 atom stereocenters. The second-order valence-corrected chi connectivity index (χ2v) is 4.57. The van der Waals surface area contributed by atoms with E-state index in [-0.39, 0.29) is 5.82 Å². The molecule has 1 aromatic heterocycles. The van der Waals surface area contributed by atoms with Crippen LogP contribution in [0.4, 0.5) is 10.1 Å². The lowest BCUT2D eigenvalue weighted by molar-refractivity contribution is 0.611. The average molecular weight is 255 g/mol. The first-order valence-corrected chi connectivity index (χ1v) is 6.19. The zero-order chi connectivity index (χ0) is 13.2. The molecule has 2 nitrogen and oxygen atoms in total. The fraction of sp³-hybridized carbons (Fsp3) is 0.125. The smallest absolute Gasteiger partial charge is 0.134 e. The minimum atomic E-state index is -0.211. The second-order valence-electron chi connectivity index (χ2n) is 4.57. The summed E-state index contributed by atoms with van der Waals surface area (Å²) in [7, 11) is 0. The maximum absolute atomic E-state index is 13.0. The quantitative estimate of drug-likeness (QED) is 0.745. The van der Waals surface area contributed by atoms with E-state index >= 15 is 0 Å². The summed E-state index contributed by atoms with van der Waals surface area (Å²) >= 11 is 0. The number of benzene rings is 2. The highest BCUT2D eigenvalue weighted by atomic mass is 19.1. The van der Waals surface area contributed by atoms with Gasteiger partial charge in [-0.1, -0.05) is 18.2 Å². The number of hydrogen-bond donors (Lipinski definition) is 1. The molecule has 0 aliphatic carbocycles. The topological polar surface area (TPSA) is 25.2 Å². The standard InChI is InChI=1S/C16H14FNO/c1-11-8-13(17)6-7-15(11)18-9-12-10-19-16-5-3-2-4-14(12)16/h2-8,10,18H,9H2,1H3. The Balaban J connectivity index is 1.82. The molecule has 0 unspecified atom stereocenters. The third-order valence-electron chi connectivity index (χ3n) is 3.22. The van der Waals surface area contributed by atoms with E-state index in [0.29, 0.717) is 6.54 Å². The number of nitrogens with one attached hydrogen (secondary N) is 1. The van der Waals surface area contributed by atoms with E-state index in [1.807, 2.05) is 31.2 Å². The third-order valence-corrected chi connectivity index (χ3v) is 3.22. The Labute approximate surface area is 110 Å². The van der Waals surface area contributed by atoms with Crippen molar-refractivity contribution in [3.8, 4) is 0 Å². The van der Waals surface area contributed by atoms with Crippen molar-refractivity contribution in [2.45, 2.75) is 13.5 Å². The molecule has 0 aliphatic heterocycles. The molecule has 0 amide bonds. The number of halogens is 1. The second kappa shape index (κ2) is 4.76. The van der Waals surface area contributed by atoms with Crippen LogP contribution in [-0.4, -0.2) is 0 Å². The minimum Gasteiger partial charge on any atom is -0.464 e. The molecule has 0 saturated carbocycles. The SMILES string of the molecule is Cc1cc(F)ccc1NCc1coc2ccccc12. The summed E-state index contributed by atoms with van der Waals surface area (Å²) in [5.41, 5.74) is 3.81. The first kappa shape index (κ1) is 11.8.